The lowest BCUT2D eigenvalue weighted by molar-refractivity contribution is -0.150. The highest BCUT2D eigenvalue weighted by Crippen LogP contribution is 2.36. The Hall–Kier alpha value is -2.11. The number of ether oxygens (including phenoxy) is 1. The van der Waals surface area contributed by atoms with Crippen LogP contribution in [0.25, 0.3) is 0 Å². The highest BCUT2D eigenvalue weighted by atomic mass is 16.5. The van der Waals surface area contributed by atoms with E-state index in [1.165, 1.54) is 7.11 Å². The van der Waals surface area contributed by atoms with Gasteiger partial charge in [-0.2, -0.15) is 0 Å². The minimum absolute atomic E-state index is 0.264. The SMILES string of the molecule is CCC1(C(=O)O)CCN(c2ccnc(C(=O)OC)c2)CC1. The zero-order valence-corrected chi connectivity index (χ0v) is 12.3. The van der Waals surface area contributed by atoms with Crippen molar-refractivity contribution in [3.8, 4) is 0 Å². The van der Waals surface area contributed by atoms with Crippen LogP contribution in [-0.4, -0.2) is 42.2 Å². The number of carboxylic acid groups (broad SMARTS) is 1. The van der Waals surface area contributed by atoms with Crippen LogP contribution >= 0.6 is 0 Å². The second-order valence-corrected chi connectivity index (χ2v) is 5.32. The summed E-state index contributed by atoms with van der Waals surface area (Å²) in [5.41, 5.74) is 0.524. The molecule has 0 saturated carbocycles. The maximum absolute atomic E-state index is 11.5. The number of methoxy groups -OCH3 is 1. The first kappa shape index (κ1) is 15.3. The molecule has 0 amide bonds. The number of rotatable bonds is 4. The minimum atomic E-state index is -0.713. The molecule has 1 fully saturated rings. The molecule has 6 nitrogen and oxygen atoms in total. The number of carboxylic acids is 1. The van der Waals surface area contributed by atoms with E-state index in [0.717, 1.165) is 5.69 Å². The fraction of sp³-hybridized carbons (Fsp3) is 0.533. The van der Waals surface area contributed by atoms with Crippen LogP contribution in [0.5, 0.6) is 0 Å². The number of nitrogens with zero attached hydrogens (tertiary/aromatic N) is 2. The summed E-state index contributed by atoms with van der Waals surface area (Å²) >= 11 is 0. The third kappa shape index (κ3) is 2.99. The number of pyridine rings is 1. The Bertz CT molecular complexity index is 536. The lowest BCUT2D eigenvalue weighted by Gasteiger charge is -2.39. The molecule has 2 rings (SSSR count). The average molecular weight is 292 g/mol. The molecule has 1 aromatic heterocycles. The molecule has 1 aliphatic heterocycles. The molecular weight excluding hydrogens is 272 g/mol. The van der Waals surface area contributed by atoms with Crippen LogP contribution in [-0.2, 0) is 9.53 Å². The van der Waals surface area contributed by atoms with Gasteiger partial charge >= 0.3 is 11.9 Å². The second-order valence-electron chi connectivity index (χ2n) is 5.32. The molecule has 0 aliphatic carbocycles. The third-order valence-electron chi connectivity index (χ3n) is 4.35. The maximum Gasteiger partial charge on any atom is 0.356 e. The summed E-state index contributed by atoms with van der Waals surface area (Å²) in [6, 6.07) is 3.51. The van der Waals surface area contributed by atoms with Crippen LogP contribution in [0.3, 0.4) is 0 Å². The second kappa shape index (κ2) is 6.11. The number of aliphatic carboxylic acids is 1. The monoisotopic (exact) mass is 292 g/mol. The normalized spacial score (nSPS) is 17.3. The summed E-state index contributed by atoms with van der Waals surface area (Å²) in [6.45, 7) is 3.24. The predicted octanol–water partition coefficient (Wildman–Crippen LogP) is 1.95. The molecule has 1 N–H and O–H groups in total. The molecule has 0 radical (unpaired) electrons. The molecule has 21 heavy (non-hydrogen) atoms. The number of esters is 1. The van der Waals surface area contributed by atoms with Crippen LogP contribution in [0, 0.1) is 5.41 Å². The van der Waals surface area contributed by atoms with Gasteiger partial charge in [0, 0.05) is 25.0 Å². The zero-order valence-electron chi connectivity index (χ0n) is 12.3. The highest BCUT2D eigenvalue weighted by molar-refractivity contribution is 5.88. The van der Waals surface area contributed by atoms with Gasteiger partial charge in [0.05, 0.1) is 12.5 Å². The van der Waals surface area contributed by atoms with Gasteiger partial charge < -0.3 is 14.7 Å². The van der Waals surface area contributed by atoms with Gasteiger partial charge in [0.15, 0.2) is 0 Å². The number of carbonyl (C=O) groups excluding carboxylic acids is 1. The van der Waals surface area contributed by atoms with Crippen molar-refractivity contribution in [2.45, 2.75) is 26.2 Å². The van der Waals surface area contributed by atoms with Crippen molar-refractivity contribution in [2.24, 2.45) is 5.41 Å². The summed E-state index contributed by atoms with van der Waals surface area (Å²) < 4.78 is 4.66. The van der Waals surface area contributed by atoms with E-state index < -0.39 is 17.4 Å². The van der Waals surface area contributed by atoms with Gasteiger partial charge in [-0.05, 0) is 31.4 Å². The fourth-order valence-electron chi connectivity index (χ4n) is 2.74. The van der Waals surface area contributed by atoms with Crippen LogP contribution in [0.4, 0.5) is 5.69 Å². The van der Waals surface area contributed by atoms with E-state index in [2.05, 4.69) is 14.6 Å². The third-order valence-corrected chi connectivity index (χ3v) is 4.35. The molecule has 114 valence electrons. The zero-order chi connectivity index (χ0) is 15.5. The number of aromatic nitrogens is 1. The molecule has 1 aromatic rings. The van der Waals surface area contributed by atoms with E-state index in [4.69, 9.17) is 0 Å². The average Bonchev–Trinajstić information content (AvgIpc) is 2.54. The van der Waals surface area contributed by atoms with Crippen molar-refractivity contribution in [1.82, 2.24) is 4.98 Å². The predicted molar refractivity (Wildman–Crippen MR) is 77.4 cm³/mol. The van der Waals surface area contributed by atoms with Crippen molar-refractivity contribution in [2.75, 3.05) is 25.1 Å². The smallest absolute Gasteiger partial charge is 0.356 e. The Kier molecular flexibility index (Phi) is 4.45. The van der Waals surface area contributed by atoms with Crippen molar-refractivity contribution < 1.29 is 19.4 Å². The van der Waals surface area contributed by atoms with E-state index >= 15 is 0 Å². The molecule has 1 aliphatic rings. The lowest BCUT2D eigenvalue weighted by atomic mass is 9.76. The minimum Gasteiger partial charge on any atom is -0.481 e. The summed E-state index contributed by atoms with van der Waals surface area (Å²) in [7, 11) is 1.32. The number of anilines is 1. The molecule has 2 heterocycles. The van der Waals surface area contributed by atoms with Crippen LogP contribution in [0.2, 0.25) is 0 Å². The molecule has 1 saturated heterocycles. The van der Waals surface area contributed by atoms with Gasteiger partial charge in [-0.25, -0.2) is 9.78 Å². The molecule has 0 unspecified atom stereocenters. The fourth-order valence-corrected chi connectivity index (χ4v) is 2.74. The summed E-state index contributed by atoms with van der Waals surface area (Å²) in [6.07, 6.45) is 3.42. The lowest BCUT2D eigenvalue weighted by Crippen LogP contribution is -2.44. The van der Waals surface area contributed by atoms with Gasteiger partial charge in [-0.1, -0.05) is 6.92 Å². The van der Waals surface area contributed by atoms with Crippen LogP contribution in [0.15, 0.2) is 18.3 Å². The molecule has 6 heteroatoms. The van der Waals surface area contributed by atoms with Gasteiger partial charge in [-0.3, -0.25) is 4.79 Å². The van der Waals surface area contributed by atoms with E-state index in [-0.39, 0.29) is 5.69 Å². The van der Waals surface area contributed by atoms with E-state index in [0.29, 0.717) is 32.4 Å². The maximum atomic E-state index is 11.5. The van der Waals surface area contributed by atoms with Crippen LogP contribution in [0.1, 0.15) is 36.7 Å². The van der Waals surface area contributed by atoms with E-state index in [1.54, 1.807) is 12.3 Å². The Balaban J connectivity index is 2.12. The van der Waals surface area contributed by atoms with Gasteiger partial charge in [-0.15, -0.1) is 0 Å². The first-order valence-corrected chi connectivity index (χ1v) is 7.05. The number of piperidine rings is 1. The molecule has 0 atom stereocenters. The number of hydrogen-bond acceptors (Lipinski definition) is 5. The van der Waals surface area contributed by atoms with Gasteiger partial charge in [0.1, 0.15) is 5.69 Å². The Labute approximate surface area is 123 Å². The van der Waals surface area contributed by atoms with Gasteiger partial charge in [0.25, 0.3) is 0 Å². The molecular formula is C15H20N2O4. The van der Waals surface area contributed by atoms with Crippen LogP contribution < -0.4 is 4.90 Å². The van der Waals surface area contributed by atoms with E-state index in [1.807, 2.05) is 13.0 Å². The Morgan fingerprint density at radius 1 is 1.43 bits per heavy atom. The first-order chi connectivity index (χ1) is 10.0. The highest BCUT2D eigenvalue weighted by Gasteiger charge is 2.39. The molecule has 0 bridgehead atoms. The summed E-state index contributed by atoms with van der Waals surface area (Å²) in [4.78, 5) is 29.0. The first-order valence-electron chi connectivity index (χ1n) is 7.05. The summed E-state index contributed by atoms with van der Waals surface area (Å²) in [5, 5.41) is 9.40. The molecule has 0 aromatic carbocycles. The Morgan fingerprint density at radius 3 is 2.62 bits per heavy atom. The number of carbonyl (C=O) groups is 2. The van der Waals surface area contributed by atoms with Gasteiger partial charge in [0.2, 0.25) is 0 Å². The quantitative estimate of drug-likeness (QED) is 0.854. The summed E-state index contributed by atoms with van der Waals surface area (Å²) in [5.74, 6) is -1.18. The largest absolute Gasteiger partial charge is 0.481 e. The van der Waals surface area contributed by atoms with Crippen molar-refractivity contribution in [3.05, 3.63) is 24.0 Å². The van der Waals surface area contributed by atoms with Crippen molar-refractivity contribution in [3.63, 3.8) is 0 Å². The van der Waals surface area contributed by atoms with Crippen molar-refractivity contribution in [1.29, 1.82) is 0 Å². The van der Waals surface area contributed by atoms with E-state index in [9.17, 15) is 14.7 Å². The van der Waals surface area contributed by atoms with Crippen molar-refractivity contribution >= 4 is 17.6 Å². The standard InChI is InChI=1S/C15H20N2O4/c1-3-15(14(19)20)5-8-17(9-6-15)11-4-7-16-12(10-11)13(18)21-2/h4,7,10H,3,5-6,8-9H2,1-2H3,(H,19,20). The Morgan fingerprint density at radius 2 is 2.10 bits per heavy atom. The molecule has 0 spiro atoms. The topological polar surface area (TPSA) is 79.7 Å². The number of hydrogen-bond donors (Lipinski definition) is 1.